The molecular weight excluding hydrogens is 320 g/mol. The molecule has 1 aliphatic carbocycles. The molecule has 0 unspecified atom stereocenters. The second kappa shape index (κ2) is 6.33. The van der Waals surface area contributed by atoms with Crippen molar-refractivity contribution < 1.29 is 19.2 Å². The lowest BCUT2D eigenvalue weighted by molar-refractivity contribution is -0.0967. The van der Waals surface area contributed by atoms with Crippen molar-refractivity contribution in [1.29, 1.82) is 0 Å². The largest absolute Gasteiger partial charge is 0.444 e. The number of hydrogen-bond acceptors (Lipinski definition) is 5. The van der Waals surface area contributed by atoms with E-state index in [0.29, 0.717) is 24.6 Å². The summed E-state index contributed by atoms with van der Waals surface area (Å²) in [6.07, 6.45) is 0.441. The Morgan fingerprint density at radius 2 is 1.92 bits per heavy atom. The number of hydroxylamine groups is 2. The van der Waals surface area contributed by atoms with Crippen LogP contribution in [0.5, 0.6) is 0 Å². The molecule has 25 heavy (non-hydrogen) atoms. The molecule has 1 aromatic rings. The Hall–Kier alpha value is -2.08. The smallest absolute Gasteiger partial charge is 0.408 e. The van der Waals surface area contributed by atoms with Gasteiger partial charge in [0.15, 0.2) is 0 Å². The number of fused-ring (bicyclic) bond motifs is 1. The number of ether oxygens (including phenoxy) is 1. The van der Waals surface area contributed by atoms with Crippen LogP contribution in [0.25, 0.3) is 0 Å². The third-order valence-electron chi connectivity index (χ3n) is 4.91. The number of hydrogen-bond donors (Lipinski definition) is 1. The van der Waals surface area contributed by atoms with Gasteiger partial charge in [-0.25, -0.2) is 9.59 Å². The van der Waals surface area contributed by atoms with Crippen LogP contribution >= 0.6 is 0 Å². The van der Waals surface area contributed by atoms with Crippen LogP contribution in [0, 0.1) is 11.8 Å². The normalized spacial score (nSPS) is 28.6. The highest BCUT2D eigenvalue weighted by atomic mass is 16.7. The van der Waals surface area contributed by atoms with Crippen LogP contribution in [-0.4, -0.2) is 41.4 Å². The van der Waals surface area contributed by atoms with E-state index in [1.807, 2.05) is 26.8 Å². The van der Waals surface area contributed by atoms with Crippen LogP contribution in [0.3, 0.4) is 0 Å². The highest BCUT2D eigenvalue weighted by Crippen LogP contribution is 2.49. The molecule has 0 radical (unpaired) electrons. The number of alkyl carbamates (subject to hydrolysis) is 1. The number of amides is 1. The minimum Gasteiger partial charge on any atom is -0.444 e. The number of benzene rings is 1. The van der Waals surface area contributed by atoms with E-state index in [2.05, 4.69) is 12.2 Å². The average Bonchev–Trinajstić information content (AvgIpc) is 2.78. The Kier molecular flexibility index (Phi) is 4.49. The zero-order chi connectivity index (χ0) is 18.2. The Bertz CT molecular complexity index is 655. The molecule has 6 nitrogen and oxygen atoms in total. The van der Waals surface area contributed by atoms with Gasteiger partial charge in [-0.1, -0.05) is 25.1 Å². The highest BCUT2D eigenvalue weighted by molar-refractivity contribution is 5.89. The maximum atomic E-state index is 12.3. The Morgan fingerprint density at radius 1 is 1.24 bits per heavy atom. The van der Waals surface area contributed by atoms with Crippen LogP contribution < -0.4 is 5.32 Å². The van der Waals surface area contributed by atoms with E-state index < -0.39 is 11.7 Å². The molecule has 3 rings (SSSR count). The second-order valence-corrected chi connectivity index (χ2v) is 8.14. The molecule has 1 N–H and O–H groups in total. The molecule has 3 atom stereocenters. The summed E-state index contributed by atoms with van der Waals surface area (Å²) < 4.78 is 5.39. The summed E-state index contributed by atoms with van der Waals surface area (Å²) in [6.45, 7) is 8.78. The molecule has 1 amide bonds. The maximum absolute atomic E-state index is 12.3. The molecule has 0 aromatic heterocycles. The molecule has 6 heteroatoms. The van der Waals surface area contributed by atoms with E-state index in [1.165, 1.54) is 0 Å². The van der Waals surface area contributed by atoms with Gasteiger partial charge in [0.05, 0.1) is 17.6 Å². The second-order valence-electron chi connectivity index (χ2n) is 8.14. The standard InChI is InChI=1S/C19H26N2O4/c1-13-10-19(20-17(23)24-18(2,3)4)12-21(11-15(13)19)25-16(22)14-8-6-5-7-9-14/h5-9,13,15H,10-12H2,1-4H3,(H,20,23)/t13-,15-,19+/m0/s1. The lowest BCUT2D eigenvalue weighted by atomic mass is 9.62. The average molecular weight is 346 g/mol. The van der Waals surface area contributed by atoms with Crippen LogP contribution in [0.4, 0.5) is 4.79 Å². The third-order valence-corrected chi connectivity index (χ3v) is 4.91. The van der Waals surface area contributed by atoms with Gasteiger partial charge >= 0.3 is 12.1 Å². The molecule has 1 heterocycles. The number of carbonyl (C=O) groups excluding carboxylic acids is 2. The summed E-state index contributed by atoms with van der Waals surface area (Å²) >= 11 is 0. The summed E-state index contributed by atoms with van der Waals surface area (Å²) in [5, 5.41) is 4.70. The van der Waals surface area contributed by atoms with Crippen LogP contribution in [0.1, 0.15) is 44.5 Å². The molecule has 1 saturated carbocycles. The summed E-state index contributed by atoms with van der Waals surface area (Å²) in [4.78, 5) is 30.0. The molecule has 2 aliphatic rings. The Balaban J connectivity index is 1.63. The van der Waals surface area contributed by atoms with Crippen molar-refractivity contribution in [1.82, 2.24) is 10.4 Å². The van der Waals surface area contributed by atoms with Crippen molar-refractivity contribution >= 4 is 12.1 Å². The molecule has 0 bridgehead atoms. The lowest BCUT2D eigenvalue weighted by Crippen LogP contribution is -2.64. The van der Waals surface area contributed by atoms with Gasteiger partial charge < -0.3 is 14.9 Å². The first-order chi connectivity index (χ1) is 11.7. The zero-order valence-corrected chi connectivity index (χ0v) is 15.2. The fraction of sp³-hybridized carbons (Fsp3) is 0.579. The maximum Gasteiger partial charge on any atom is 0.408 e. The Labute approximate surface area is 148 Å². The van der Waals surface area contributed by atoms with Gasteiger partial charge in [0, 0.05) is 12.5 Å². The fourth-order valence-electron chi connectivity index (χ4n) is 3.89. The van der Waals surface area contributed by atoms with Gasteiger partial charge in [-0.05, 0) is 45.2 Å². The summed E-state index contributed by atoms with van der Waals surface area (Å²) in [5.41, 5.74) is -0.397. The first-order valence-corrected chi connectivity index (χ1v) is 8.72. The molecule has 1 aliphatic heterocycles. The van der Waals surface area contributed by atoms with Crippen molar-refractivity contribution in [2.75, 3.05) is 13.1 Å². The molecule has 136 valence electrons. The fourth-order valence-corrected chi connectivity index (χ4v) is 3.89. The van der Waals surface area contributed by atoms with E-state index in [9.17, 15) is 9.59 Å². The Morgan fingerprint density at radius 3 is 2.52 bits per heavy atom. The van der Waals surface area contributed by atoms with Crippen molar-refractivity contribution in [2.45, 2.75) is 45.3 Å². The molecule has 1 saturated heterocycles. The van der Waals surface area contributed by atoms with Crippen molar-refractivity contribution in [3.8, 4) is 0 Å². The van der Waals surface area contributed by atoms with E-state index in [-0.39, 0.29) is 17.4 Å². The van der Waals surface area contributed by atoms with Crippen LogP contribution in [0.2, 0.25) is 0 Å². The minimum atomic E-state index is -0.538. The quantitative estimate of drug-likeness (QED) is 0.911. The predicted octanol–water partition coefficient (Wildman–Crippen LogP) is 2.99. The summed E-state index contributed by atoms with van der Waals surface area (Å²) in [7, 11) is 0. The van der Waals surface area contributed by atoms with Gasteiger partial charge in [-0.3, -0.25) is 0 Å². The molecular formula is C19H26N2O4. The lowest BCUT2D eigenvalue weighted by Gasteiger charge is -2.49. The van der Waals surface area contributed by atoms with Gasteiger partial charge in [0.1, 0.15) is 5.60 Å². The molecule has 1 aromatic carbocycles. The van der Waals surface area contributed by atoms with Crippen molar-refractivity contribution in [2.24, 2.45) is 11.8 Å². The van der Waals surface area contributed by atoms with E-state index >= 15 is 0 Å². The first kappa shape index (κ1) is 17.7. The van der Waals surface area contributed by atoms with Crippen molar-refractivity contribution in [3.05, 3.63) is 35.9 Å². The zero-order valence-electron chi connectivity index (χ0n) is 15.2. The van der Waals surface area contributed by atoms with Crippen molar-refractivity contribution in [3.63, 3.8) is 0 Å². The number of nitrogens with one attached hydrogen (secondary N) is 1. The molecule has 2 fully saturated rings. The number of nitrogens with zero attached hydrogens (tertiary/aromatic N) is 1. The summed E-state index contributed by atoms with van der Waals surface area (Å²) in [5.74, 6) is 0.348. The number of rotatable bonds is 3. The van der Waals surface area contributed by atoms with Gasteiger partial charge in [0.25, 0.3) is 0 Å². The van der Waals surface area contributed by atoms with Crippen LogP contribution in [0.15, 0.2) is 30.3 Å². The summed E-state index contributed by atoms with van der Waals surface area (Å²) in [6, 6.07) is 8.92. The number of carbonyl (C=O) groups is 2. The molecule has 0 spiro atoms. The highest BCUT2D eigenvalue weighted by Gasteiger charge is 2.59. The predicted molar refractivity (Wildman–Crippen MR) is 92.8 cm³/mol. The van der Waals surface area contributed by atoms with Gasteiger partial charge in [0.2, 0.25) is 0 Å². The SMILES string of the molecule is C[C@H]1C[C@@]2(NC(=O)OC(C)(C)C)CN(OC(=O)c3ccccc3)C[C@@H]12. The van der Waals surface area contributed by atoms with Crippen LogP contribution in [-0.2, 0) is 9.57 Å². The van der Waals surface area contributed by atoms with Gasteiger partial charge in [-0.15, -0.1) is 5.06 Å². The minimum absolute atomic E-state index is 0.253. The van der Waals surface area contributed by atoms with E-state index in [0.717, 1.165) is 6.42 Å². The first-order valence-electron chi connectivity index (χ1n) is 8.72. The monoisotopic (exact) mass is 346 g/mol. The third kappa shape index (κ3) is 3.79. The van der Waals surface area contributed by atoms with E-state index in [4.69, 9.17) is 9.57 Å². The topological polar surface area (TPSA) is 67.9 Å². The van der Waals surface area contributed by atoms with E-state index in [1.54, 1.807) is 29.3 Å². The van der Waals surface area contributed by atoms with Gasteiger partial charge in [-0.2, -0.15) is 0 Å².